The molecule has 0 aliphatic rings. The van der Waals surface area contributed by atoms with Crippen LogP contribution in [0.1, 0.15) is 23.6 Å². The third-order valence-corrected chi connectivity index (χ3v) is 4.12. The summed E-state index contributed by atoms with van der Waals surface area (Å²) >= 11 is 5.24. The van der Waals surface area contributed by atoms with E-state index in [1.165, 1.54) is 22.0 Å². The minimum atomic E-state index is 0.504. The fraction of sp³-hybridized carbons (Fsp3) is 0.158. The summed E-state index contributed by atoms with van der Waals surface area (Å²) in [7, 11) is 0. The number of hydrogen-bond donors (Lipinski definition) is 3. The first-order chi connectivity index (χ1) is 11.8. The highest BCUT2D eigenvalue weighted by Gasteiger charge is 2.04. The van der Waals surface area contributed by atoms with E-state index < -0.39 is 0 Å². The van der Waals surface area contributed by atoms with E-state index in [0.717, 1.165) is 12.0 Å². The average molecular weight is 336 g/mol. The molecule has 1 aromatic heterocycles. The minimum absolute atomic E-state index is 0.504. The quantitative estimate of drug-likeness (QED) is 0.378. The van der Waals surface area contributed by atoms with Crippen LogP contribution in [-0.2, 0) is 13.0 Å². The maximum Gasteiger partial charge on any atom is 0.187 e. The maximum absolute atomic E-state index is 5.24. The molecule has 0 bridgehead atoms. The molecule has 0 aliphatic carbocycles. The third kappa shape index (κ3) is 3.81. The second kappa shape index (κ2) is 7.75. The Morgan fingerprint density at radius 3 is 2.79 bits per heavy atom. The van der Waals surface area contributed by atoms with Gasteiger partial charge >= 0.3 is 0 Å². The lowest BCUT2D eigenvalue weighted by molar-refractivity contribution is 0.869. The first-order valence-corrected chi connectivity index (χ1v) is 8.38. The summed E-state index contributed by atoms with van der Waals surface area (Å²) in [5, 5.41) is 9.04. The van der Waals surface area contributed by atoms with Crippen molar-refractivity contribution in [3.8, 4) is 0 Å². The van der Waals surface area contributed by atoms with Gasteiger partial charge in [-0.25, -0.2) is 0 Å². The second-order valence-corrected chi connectivity index (χ2v) is 5.88. The van der Waals surface area contributed by atoms with E-state index in [1.807, 2.05) is 24.4 Å². The Hall–Kier alpha value is -2.66. The van der Waals surface area contributed by atoms with Crippen LogP contribution in [0.4, 0.5) is 0 Å². The van der Waals surface area contributed by atoms with Crippen molar-refractivity contribution in [1.29, 1.82) is 0 Å². The molecule has 0 amide bonds. The number of benzene rings is 2. The van der Waals surface area contributed by atoms with Gasteiger partial charge in [0.15, 0.2) is 5.11 Å². The van der Waals surface area contributed by atoms with Gasteiger partial charge in [-0.3, -0.25) is 5.43 Å². The molecule has 0 saturated heterocycles. The normalized spacial score (nSPS) is 11.0. The number of rotatable bonds is 5. The van der Waals surface area contributed by atoms with E-state index >= 15 is 0 Å². The zero-order chi connectivity index (χ0) is 16.8. The number of para-hydroxylation sites is 1. The number of hydrazone groups is 1. The summed E-state index contributed by atoms with van der Waals surface area (Å²) in [6, 6.07) is 16.4. The summed E-state index contributed by atoms with van der Waals surface area (Å²) in [6.45, 7) is 2.83. The number of nitrogens with zero attached hydrogens (tertiary/aromatic N) is 1. The van der Waals surface area contributed by atoms with Crippen molar-refractivity contribution in [3.63, 3.8) is 0 Å². The maximum atomic E-state index is 5.24. The molecule has 3 N–H and O–H groups in total. The van der Waals surface area contributed by atoms with Gasteiger partial charge < -0.3 is 10.3 Å². The number of aromatic nitrogens is 1. The Kier molecular flexibility index (Phi) is 5.23. The van der Waals surface area contributed by atoms with E-state index in [-0.39, 0.29) is 0 Å². The number of hydrogen-bond acceptors (Lipinski definition) is 2. The predicted octanol–water partition coefficient (Wildman–Crippen LogP) is 3.73. The zero-order valence-electron chi connectivity index (χ0n) is 13.5. The molecular weight excluding hydrogens is 316 g/mol. The number of H-pyrrole nitrogens is 1. The standard InChI is InChI=1S/C19H20N4S/c1-2-15-9-6-10-17-16(12-20-18(15)17)13-22-23-19(24)21-11-14-7-4-3-5-8-14/h3-10,12-13,20H,2,11H2,1H3,(H2,21,23,24). The highest BCUT2D eigenvalue weighted by atomic mass is 32.1. The van der Waals surface area contributed by atoms with Crippen molar-refractivity contribution in [2.24, 2.45) is 5.10 Å². The highest BCUT2D eigenvalue weighted by Crippen LogP contribution is 2.20. The molecule has 0 saturated carbocycles. The first kappa shape index (κ1) is 16.2. The van der Waals surface area contributed by atoms with E-state index in [4.69, 9.17) is 12.2 Å². The Balaban J connectivity index is 1.59. The van der Waals surface area contributed by atoms with E-state index in [2.05, 4.69) is 58.1 Å². The Morgan fingerprint density at radius 1 is 1.17 bits per heavy atom. The van der Waals surface area contributed by atoms with Crippen LogP contribution in [0.2, 0.25) is 0 Å². The summed E-state index contributed by atoms with van der Waals surface area (Å²) in [6.07, 6.45) is 4.75. The lowest BCUT2D eigenvalue weighted by Crippen LogP contribution is -2.31. The Labute approximate surface area is 147 Å². The number of aromatic amines is 1. The lowest BCUT2D eigenvalue weighted by atomic mass is 10.1. The molecule has 0 spiro atoms. The monoisotopic (exact) mass is 336 g/mol. The van der Waals surface area contributed by atoms with Gasteiger partial charge in [-0.1, -0.05) is 55.5 Å². The lowest BCUT2D eigenvalue weighted by Gasteiger charge is -2.06. The third-order valence-electron chi connectivity index (χ3n) is 3.88. The minimum Gasteiger partial charge on any atom is -0.360 e. The average Bonchev–Trinajstić information content (AvgIpc) is 3.04. The molecule has 0 fully saturated rings. The van der Waals surface area contributed by atoms with E-state index in [0.29, 0.717) is 11.7 Å². The Morgan fingerprint density at radius 2 is 2.00 bits per heavy atom. The molecule has 0 unspecified atom stereocenters. The molecule has 0 radical (unpaired) electrons. The molecule has 4 nitrogen and oxygen atoms in total. The molecule has 2 aromatic carbocycles. The number of fused-ring (bicyclic) bond motifs is 1. The summed E-state index contributed by atoms with van der Waals surface area (Å²) < 4.78 is 0. The smallest absolute Gasteiger partial charge is 0.187 e. The van der Waals surface area contributed by atoms with E-state index in [1.54, 1.807) is 6.21 Å². The van der Waals surface area contributed by atoms with E-state index in [9.17, 15) is 0 Å². The van der Waals surface area contributed by atoms with Crippen molar-refractivity contribution in [3.05, 3.63) is 71.4 Å². The molecule has 3 aromatic rings. The fourth-order valence-corrected chi connectivity index (χ4v) is 2.74. The first-order valence-electron chi connectivity index (χ1n) is 7.97. The van der Waals surface area contributed by atoms with Crippen molar-refractivity contribution in [2.45, 2.75) is 19.9 Å². The van der Waals surface area contributed by atoms with Gasteiger partial charge in [0.25, 0.3) is 0 Å². The summed E-state index contributed by atoms with van der Waals surface area (Å²) in [4.78, 5) is 3.32. The van der Waals surface area contributed by atoms with Gasteiger partial charge in [-0.05, 0) is 29.8 Å². The number of thiocarbonyl (C=S) groups is 1. The summed E-state index contributed by atoms with van der Waals surface area (Å²) in [5.41, 5.74) is 7.55. The molecular formula is C19H20N4S. The van der Waals surface area contributed by atoms with Gasteiger partial charge in [0.05, 0.1) is 6.21 Å². The van der Waals surface area contributed by atoms with Crippen LogP contribution in [0.5, 0.6) is 0 Å². The number of aryl methyl sites for hydroxylation is 1. The molecule has 5 heteroatoms. The van der Waals surface area contributed by atoms with Crippen LogP contribution in [0.15, 0.2) is 59.8 Å². The van der Waals surface area contributed by atoms with Crippen molar-refractivity contribution in [2.75, 3.05) is 0 Å². The number of nitrogens with one attached hydrogen (secondary N) is 3. The van der Waals surface area contributed by atoms with Gasteiger partial charge in [0.1, 0.15) is 0 Å². The predicted molar refractivity (Wildman–Crippen MR) is 104 cm³/mol. The molecule has 122 valence electrons. The van der Waals surface area contributed by atoms with Crippen LogP contribution in [0.3, 0.4) is 0 Å². The van der Waals surface area contributed by atoms with Crippen molar-refractivity contribution in [1.82, 2.24) is 15.7 Å². The van der Waals surface area contributed by atoms with Crippen LogP contribution < -0.4 is 10.7 Å². The van der Waals surface area contributed by atoms with Gasteiger partial charge in [0.2, 0.25) is 0 Å². The molecule has 3 rings (SSSR count). The molecule has 0 atom stereocenters. The van der Waals surface area contributed by atoms with Crippen molar-refractivity contribution >= 4 is 34.4 Å². The molecule has 24 heavy (non-hydrogen) atoms. The molecule has 1 heterocycles. The van der Waals surface area contributed by atoms with Crippen LogP contribution in [-0.4, -0.2) is 16.3 Å². The zero-order valence-corrected chi connectivity index (χ0v) is 14.4. The largest absolute Gasteiger partial charge is 0.360 e. The van der Waals surface area contributed by atoms with Crippen LogP contribution in [0, 0.1) is 0 Å². The second-order valence-electron chi connectivity index (χ2n) is 5.48. The Bertz CT molecular complexity index is 852. The van der Waals surface area contributed by atoms with Gasteiger partial charge in [-0.2, -0.15) is 5.10 Å². The highest BCUT2D eigenvalue weighted by molar-refractivity contribution is 7.80. The topological polar surface area (TPSA) is 52.2 Å². The van der Waals surface area contributed by atoms with Crippen molar-refractivity contribution < 1.29 is 0 Å². The SMILES string of the molecule is CCc1cccc2c(C=NNC(=S)NCc3ccccc3)c[nH]c12. The van der Waals surface area contributed by atoms with Gasteiger partial charge in [0, 0.05) is 29.2 Å². The van der Waals surface area contributed by atoms with Crippen LogP contribution in [0.25, 0.3) is 10.9 Å². The van der Waals surface area contributed by atoms with Crippen LogP contribution >= 0.6 is 12.2 Å². The molecule has 0 aliphatic heterocycles. The summed E-state index contributed by atoms with van der Waals surface area (Å²) in [5.74, 6) is 0. The van der Waals surface area contributed by atoms with Gasteiger partial charge in [-0.15, -0.1) is 0 Å². The fourth-order valence-electron chi connectivity index (χ4n) is 2.62.